The zero-order valence-corrected chi connectivity index (χ0v) is 8.33. The van der Waals surface area contributed by atoms with Crippen molar-refractivity contribution in [1.82, 2.24) is 5.43 Å². The fourth-order valence-electron chi connectivity index (χ4n) is 2.47. The van der Waals surface area contributed by atoms with Gasteiger partial charge in [0, 0.05) is 6.61 Å². The van der Waals surface area contributed by atoms with E-state index in [1.165, 1.54) is 25.7 Å². The Morgan fingerprint density at radius 3 is 2.54 bits per heavy atom. The Morgan fingerprint density at radius 2 is 2.15 bits per heavy atom. The summed E-state index contributed by atoms with van der Waals surface area (Å²) in [6.45, 7) is 3.18. The highest BCUT2D eigenvalue weighted by molar-refractivity contribution is 4.91. The molecule has 1 heterocycles. The number of hydrogen-bond acceptors (Lipinski definition) is 3. The first-order chi connectivity index (χ1) is 6.33. The third-order valence-electron chi connectivity index (χ3n) is 3.65. The molecule has 13 heavy (non-hydrogen) atoms. The molecule has 3 atom stereocenters. The molecule has 3 nitrogen and oxygen atoms in total. The first kappa shape index (κ1) is 9.44. The summed E-state index contributed by atoms with van der Waals surface area (Å²) < 4.78 is 5.73. The van der Waals surface area contributed by atoms with Crippen molar-refractivity contribution in [3.63, 3.8) is 0 Å². The molecular formula is C10H20N2O. The van der Waals surface area contributed by atoms with Gasteiger partial charge in [-0.25, -0.2) is 0 Å². The quantitative estimate of drug-likeness (QED) is 0.509. The second-order valence-corrected chi connectivity index (χ2v) is 4.48. The first-order valence-electron chi connectivity index (χ1n) is 5.40. The van der Waals surface area contributed by atoms with E-state index in [4.69, 9.17) is 10.6 Å². The zero-order chi connectivity index (χ0) is 9.26. The predicted molar refractivity (Wildman–Crippen MR) is 52.0 cm³/mol. The summed E-state index contributed by atoms with van der Waals surface area (Å²) in [4.78, 5) is 0. The maximum atomic E-state index is 5.73. The van der Waals surface area contributed by atoms with Gasteiger partial charge in [-0.15, -0.1) is 0 Å². The molecule has 0 aromatic rings. The number of nitrogens with two attached hydrogens (primary N) is 1. The largest absolute Gasteiger partial charge is 0.376 e. The van der Waals surface area contributed by atoms with Crippen molar-refractivity contribution in [3.8, 4) is 0 Å². The highest BCUT2D eigenvalue weighted by Crippen LogP contribution is 2.35. The second-order valence-electron chi connectivity index (χ2n) is 4.48. The van der Waals surface area contributed by atoms with E-state index in [2.05, 4.69) is 12.3 Å². The summed E-state index contributed by atoms with van der Waals surface area (Å²) in [7, 11) is 0. The van der Waals surface area contributed by atoms with Crippen LogP contribution in [-0.2, 0) is 4.74 Å². The topological polar surface area (TPSA) is 47.3 Å². The van der Waals surface area contributed by atoms with Crippen LogP contribution < -0.4 is 11.3 Å². The monoisotopic (exact) mass is 184 g/mol. The minimum atomic E-state index is 0.357. The van der Waals surface area contributed by atoms with Gasteiger partial charge < -0.3 is 4.74 Å². The predicted octanol–water partition coefficient (Wildman–Crippen LogP) is 1.04. The van der Waals surface area contributed by atoms with Gasteiger partial charge in [0.05, 0.1) is 12.1 Å². The second kappa shape index (κ2) is 3.95. The van der Waals surface area contributed by atoms with Crippen LogP contribution in [0.25, 0.3) is 0 Å². The van der Waals surface area contributed by atoms with Crippen LogP contribution in [0, 0.1) is 11.8 Å². The Balaban J connectivity index is 1.94. The summed E-state index contributed by atoms with van der Waals surface area (Å²) in [5, 5.41) is 0. The van der Waals surface area contributed by atoms with Crippen molar-refractivity contribution in [2.24, 2.45) is 17.7 Å². The van der Waals surface area contributed by atoms with Crippen LogP contribution in [0.1, 0.15) is 32.6 Å². The molecular weight excluding hydrogens is 164 g/mol. The van der Waals surface area contributed by atoms with Gasteiger partial charge in [-0.3, -0.25) is 11.3 Å². The van der Waals surface area contributed by atoms with Gasteiger partial charge in [0.15, 0.2) is 0 Å². The van der Waals surface area contributed by atoms with E-state index in [9.17, 15) is 0 Å². The van der Waals surface area contributed by atoms with Crippen molar-refractivity contribution < 1.29 is 4.74 Å². The standard InChI is InChI=1S/C10H20N2O/c1-7-5-6-13-10(7)9(12-11)8-3-2-4-8/h7-10,12H,2-6,11H2,1H3. The summed E-state index contributed by atoms with van der Waals surface area (Å²) in [6.07, 6.45) is 5.55. The molecule has 1 aliphatic heterocycles. The summed E-state index contributed by atoms with van der Waals surface area (Å²) in [5.74, 6) is 7.02. The molecule has 1 saturated heterocycles. The van der Waals surface area contributed by atoms with E-state index in [0.717, 1.165) is 12.5 Å². The van der Waals surface area contributed by atoms with Crippen molar-refractivity contribution >= 4 is 0 Å². The van der Waals surface area contributed by atoms with Gasteiger partial charge in [0.2, 0.25) is 0 Å². The lowest BCUT2D eigenvalue weighted by molar-refractivity contribution is 0.0243. The van der Waals surface area contributed by atoms with Gasteiger partial charge in [0.1, 0.15) is 0 Å². The van der Waals surface area contributed by atoms with Crippen LogP contribution >= 0.6 is 0 Å². The highest BCUT2D eigenvalue weighted by atomic mass is 16.5. The summed E-state index contributed by atoms with van der Waals surface area (Å²) in [6, 6.07) is 0.395. The van der Waals surface area contributed by atoms with Gasteiger partial charge >= 0.3 is 0 Å². The Morgan fingerprint density at radius 1 is 1.38 bits per heavy atom. The molecule has 3 unspecified atom stereocenters. The van der Waals surface area contributed by atoms with Crippen LogP contribution in [0.2, 0.25) is 0 Å². The molecule has 2 aliphatic rings. The molecule has 0 radical (unpaired) electrons. The Bertz CT molecular complexity index is 170. The molecule has 0 aromatic carbocycles. The lowest BCUT2D eigenvalue weighted by Gasteiger charge is -2.37. The van der Waals surface area contributed by atoms with Gasteiger partial charge in [-0.05, 0) is 31.1 Å². The van der Waals surface area contributed by atoms with E-state index in [1.54, 1.807) is 0 Å². The molecule has 3 heteroatoms. The summed E-state index contributed by atoms with van der Waals surface area (Å²) in [5.41, 5.74) is 2.95. The maximum Gasteiger partial charge on any atom is 0.0770 e. The minimum Gasteiger partial charge on any atom is -0.376 e. The van der Waals surface area contributed by atoms with E-state index in [1.807, 2.05) is 0 Å². The molecule has 1 aliphatic carbocycles. The van der Waals surface area contributed by atoms with Crippen LogP contribution in [0.3, 0.4) is 0 Å². The molecule has 0 amide bonds. The fourth-order valence-corrected chi connectivity index (χ4v) is 2.47. The lowest BCUT2D eigenvalue weighted by atomic mass is 9.76. The zero-order valence-electron chi connectivity index (χ0n) is 8.33. The highest BCUT2D eigenvalue weighted by Gasteiger charge is 2.38. The number of ether oxygens (including phenoxy) is 1. The molecule has 2 rings (SSSR count). The van der Waals surface area contributed by atoms with Crippen LogP contribution in [0.15, 0.2) is 0 Å². The number of hydrogen-bond donors (Lipinski definition) is 2. The third-order valence-corrected chi connectivity index (χ3v) is 3.65. The average Bonchev–Trinajstić information content (AvgIpc) is 2.43. The lowest BCUT2D eigenvalue weighted by Crippen LogP contribution is -2.52. The molecule has 1 saturated carbocycles. The van der Waals surface area contributed by atoms with Crippen LogP contribution in [0.5, 0.6) is 0 Å². The van der Waals surface area contributed by atoms with Crippen molar-refractivity contribution in [2.75, 3.05) is 6.61 Å². The molecule has 3 N–H and O–H groups in total. The number of nitrogens with one attached hydrogen (secondary N) is 1. The number of hydrazine groups is 1. The maximum absolute atomic E-state index is 5.73. The SMILES string of the molecule is CC1CCOC1C(NN)C1CCC1. The Kier molecular flexibility index (Phi) is 2.86. The van der Waals surface area contributed by atoms with Crippen LogP contribution in [0.4, 0.5) is 0 Å². The van der Waals surface area contributed by atoms with E-state index < -0.39 is 0 Å². The van der Waals surface area contributed by atoms with Gasteiger partial charge in [-0.1, -0.05) is 13.3 Å². The molecule has 76 valence electrons. The van der Waals surface area contributed by atoms with Crippen molar-refractivity contribution in [1.29, 1.82) is 0 Å². The van der Waals surface area contributed by atoms with Crippen molar-refractivity contribution in [3.05, 3.63) is 0 Å². The smallest absolute Gasteiger partial charge is 0.0770 e. The molecule has 0 spiro atoms. The van der Waals surface area contributed by atoms with Gasteiger partial charge in [-0.2, -0.15) is 0 Å². The minimum absolute atomic E-state index is 0.357. The number of rotatable bonds is 3. The van der Waals surface area contributed by atoms with E-state index in [0.29, 0.717) is 18.1 Å². The molecule has 0 aromatic heterocycles. The first-order valence-corrected chi connectivity index (χ1v) is 5.40. The Hall–Kier alpha value is -0.120. The van der Waals surface area contributed by atoms with Gasteiger partial charge in [0.25, 0.3) is 0 Å². The van der Waals surface area contributed by atoms with Crippen molar-refractivity contribution in [2.45, 2.75) is 44.8 Å². The van der Waals surface area contributed by atoms with E-state index in [-0.39, 0.29) is 0 Å². The Labute approximate surface area is 80.0 Å². The third kappa shape index (κ3) is 1.73. The summed E-state index contributed by atoms with van der Waals surface area (Å²) >= 11 is 0. The average molecular weight is 184 g/mol. The molecule has 2 fully saturated rings. The van der Waals surface area contributed by atoms with Crippen LogP contribution in [-0.4, -0.2) is 18.8 Å². The molecule has 0 bridgehead atoms. The fraction of sp³-hybridized carbons (Fsp3) is 1.00. The van der Waals surface area contributed by atoms with E-state index >= 15 is 0 Å². The normalized spacial score (nSPS) is 37.4.